The van der Waals surface area contributed by atoms with E-state index in [2.05, 4.69) is 12.2 Å². The molecule has 1 aliphatic heterocycles. The Bertz CT molecular complexity index is 213. The number of ether oxygens (including phenoxy) is 1. The van der Waals surface area contributed by atoms with Gasteiger partial charge in [0.15, 0.2) is 0 Å². The average molecular weight is 253 g/mol. The second-order valence-electron chi connectivity index (χ2n) is 6.22. The Kier molecular flexibility index (Phi) is 6.50. The van der Waals surface area contributed by atoms with Crippen molar-refractivity contribution in [1.82, 2.24) is 5.32 Å². The summed E-state index contributed by atoms with van der Waals surface area (Å²) in [5.41, 5.74) is 0. The van der Waals surface area contributed by atoms with E-state index in [0.717, 1.165) is 18.4 Å². The summed E-state index contributed by atoms with van der Waals surface area (Å²) in [5, 5.41) is 3.61. The summed E-state index contributed by atoms with van der Waals surface area (Å²) >= 11 is 0. The minimum absolute atomic E-state index is 0.600. The fourth-order valence-electron chi connectivity index (χ4n) is 3.71. The van der Waals surface area contributed by atoms with Crippen molar-refractivity contribution < 1.29 is 4.74 Å². The third-order valence-corrected chi connectivity index (χ3v) is 4.77. The van der Waals surface area contributed by atoms with Gasteiger partial charge in [0.25, 0.3) is 0 Å². The lowest BCUT2D eigenvalue weighted by atomic mass is 9.90. The van der Waals surface area contributed by atoms with Crippen molar-refractivity contribution in [2.24, 2.45) is 11.8 Å². The first-order valence-corrected chi connectivity index (χ1v) is 8.22. The van der Waals surface area contributed by atoms with Crippen LogP contribution in [0.3, 0.4) is 0 Å². The summed E-state index contributed by atoms with van der Waals surface area (Å²) in [6.45, 7) is 5.72. The maximum atomic E-state index is 5.71. The van der Waals surface area contributed by atoms with Gasteiger partial charge in [0.05, 0.1) is 6.10 Å². The quantitative estimate of drug-likeness (QED) is 0.665. The molecule has 0 aromatic carbocycles. The van der Waals surface area contributed by atoms with E-state index in [1.54, 1.807) is 0 Å². The fourth-order valence-corrected chi connectivity index (χ4v) is 3.71. The molecule has 3 unspecified atom stereocenters. The molecule has 2 nitrogen and oxygen atoms in total. The van der Waals surface area contributed by atoms with Gasteiger partial charge in [-0.3, -0.25) is 0 Å². The number of hydrogen-bond acceptors (Lipinski definition) is 2. The standard InChI is InChI=1S/C16H31NO/c1-2-11-17-13-15-8-3-6-14(15)7-4-9-16-10-5-12-18-16/h14-17H,2-13H2,1H3. The van der Waals surface area contributed by atoms with Crippen LogP contribution in [0.15, 0.2) is 0 Å². The van der Waals surface area contributed by atoms with Crippen LogP contribution in [0, 0.1) is 11.8 Å². The predicted octanol–water partition coefficient (Wildman–Crippen LogP) is 3.75. The van der Waals surface area contributed by atoms with Crippen LogP contribution in [0.1, 0.15) is 64.7 Å². The first kappa shape index (κ1) is 14.3. The molecule has 0 amide bonds. The number of rotatable bonds is 8. The van der Waals surface area contributed by atoms with E-state index in [1.165, 1.54) is 70.9 Å². The second kappa shape index (κ2) is 8.16. The van der Waals surface area contributed by atoms with E-state index in [1.807, 2.05) is 0 Å². The molecular weight excluding hydrogens is 222 g/mol. The Balaban J connectivity index is 1.58. The van der Waals surface area contributed by atoms with Gasteiger partial charge < -0.3 is 10.1 Å². The zero-order valence-electron chi connectivity index (χ0n) is 12.1. The van der Waals surface area contributed by atoms with Gasteiger partial charge in [-0.25, -0.2) is 0 Å². The number of hydrogen-bond donors (Lipinski definition) is 1. The molecule has 0 aromatic heterocycles. The molecule has 106 valence electrons. The molecule has 3 atom stereocenters. The molecule has 0 bridgehead atoms. The molecular formula is C16H31NO. The highest BCUT2D eigenvalue weighted by atomic mass is 16.5. The van der Waals surface area contributed by atoms with Gasteiger partial charge in [0.1, 0.15) is 0 Å². The Morgan fingerprint density at radius 1 is 1.06 bits per heavy atom. The van der Waals surface area contributed by atoms with E-state index in [-0.39, 0.29) is 0 Å². The van der Waals surface area contributed by atoms with E-state index in [9.17, 15) is 0 Å². The first-order chi connectivity index (χ1) is 8.90. The van der Waals surface area contributed by atoms with Crippen molar-refractivity contribution in [2.75, 3.05) is 19.7 Å². The normalized spacial score (nSPS) is 32.2. The summed E-state index contributed by atoms with van der Waals surface area (Å²) in [6, 6.07) is 0. The molecule has 2 fully saturated rings. The predicted molar refractivity (Wildman–Crippen MR) is 76.8 cm³/mol. The molecule has 0 radical (unpaired) electrons. The van der Waals surface area contributed by atoms with Crippen LogP contribution in [0.2, 0.25) is 0 Å². The van der Waals surface area contributed by atoms with Gasteiger partial charge >= 0.3 is 0 Å². The van der Waals surface area contributed by atoms with Gasteiger partial charge in [-0.15, -0.1) is 0 Å². The maximum absolute atomic E-state index is 5.71. The summed E-state index contributed by atoms with van der Waals surface area (Å²) < 4.78 is 5.71. The molecule has 18 heavy (non-hydrogen) atoms. The van der Waals surface area contributed by atoms with Gasteiger partial charge in [0, 0.05) is 6.61 Å². The van der Waals surface area contributed by atoms with Gasteiger partial charge in [0.2, 0.25) is 0 Å². The van der Waals surface area contributed by atoms with Gasteiger partial charge in [-0.1, -0.05) is 32.6 Å². The second-order valence-corrected chi connectivity index (χ2v) is 6.22. The van der Waals surface area contributed by atoms with Crippen molar-refractivity contribution in [3.8, 4) is 0 Å². The van der Waals surface area contributed by atoms with Gasteiger partial charge in [-0.05, 0) is 57.0 Å². The van der Waals surface area contributed by atoms with E-state index in [0.29, 0.717) is 6.10 Å². The van der Waals surface area contributed by atoms with Crippen LogP contribution >= 0.6 is 0 Å². The third kappa shape index (κ3) is 4.55. The summed E-state index contributed by atoms with van der Waals surface area (Å²) in [5.74, 6) is 1.96. The van der Waals surface area contributed by atoms with Crippen molar-refractivity contribution in [3.63, 3.8) is 0 Å². The van der Waals surface area contributed by atoms with E-state index in [4.69, 9.17) is 4.74 Å². The third-order valence-electron chi connectivity index (χ3n) is 4.77. The average Bonchev–Trinajstić information content (AvgIpc) is 3.02. The SMILES string of the molecule is CCCNCC1CCCC1CCCC1CCCO1. The Morgan fingerprint density at radius 3 is 2.72 bits per heavy atom. The lowest BCUT2D eigenvalue weighted by Crippen LogP contribution is -2.26. The number of nitrogens with one attached hydrogen (secondary N) is 1. The van der Waals surface area contributed by atoms with Crippen LogP contribution in [-0.2, 0) is 4.74 Å². The minimum atomic E-state index is 0.600. The largest absolute Gasteiger partial charge is 0.378 e. The molecule has 1 N–H and O–H groups in total. The van der Waals surface area contributed by atoms with Crippen molar-refractivity contribution >= 4 is 0 Å². The molecule has 1 saturated heterocycles. The summed E-state index contributed by atoms with van der Waals surface area (Å²) in [4.78, 5) is 0. The van der Waals surface area contributed by atoms with E-state index < -0.39 is 0 Å². The van der Waals surface area contributed by atoms with Crippen LogP contribution in [0.4, 0.5) is 0 Å². The molecule has 2 heteroatoms. The zero-order valence-corrected chi connectivity index (χ0v) is 12.1. The maximum Gasteiger partial charge on any atom is 0.0576 e. The van der Waals surface area contributed by atoms with Crippen molar-refractivity contribution in [2.45, 2.75) is 70.8 Å². The first-order valence-electron chi connectivity index (χ1n) is 8.22. The highest BCUT2D eigenvalue weighted by Gasteiger charge is 2.26. The topological polar surface area (TPSA) is 21.3 Å². The molecule has 0 spiro atoms. The highest BCUT2D eigenvalue weighted by molar-refractivity contribution is 4.79. The van der Waals surface area contributed by atoms with E-state index >= 15 is 0 Å². The Labute approximate surface area is 113 Å². The molecule has 2 aliphatic rings. The smallest absolute Gasteiger partial charge is 0.0576 e. The Morgan fingerprint density at radius 2 is 1.94 bits per heavy atom. The van der Waals surface area contributed by atoms with Crippen LogP contribution in [-0.4, -0.2) is 25.8 Å². The van der Waals surface area contributed by atoms with Crippen molar-refractivity contribution in [1.29, 1.82) is 0 Å². The molecule has 2 rings (SSSR count). The lowest BCUT2D eigenvalue weighted by Gasteiger charge is -2.20. The highest BCUT2D eigenvalue weighted by Crippen LogP contribution is 2.35. The minimum Gasteiger partial charge on any atom is -0.378 e. The Hall–Kier alpha value is -0.0800. The van der Waals surface area contributed by atoms with Gasteiger partial charge in [-0.2, -0.15) is 0 Å². The van der Waals surface area contributed by atoms with Crippen molar-refractivity contribution in [3.05, 3.63) is 0 Å². The summed E-state index contributed by atoms with van der Waals surface area (Å²) in [6.07, 6.45) is 13.0. The monoisotopic (exact) mass is 253 g/mol. The van der Waals surface area contributed by atoms with Crippen LogP contribution in [0.25, 0.3) is 0 Å². The molecule has 1 heterocycles. The molecule has 1 saturated carbocycles. The molecule has 1 aliphatic carbocycles. The lowest BCUT2D eigenvalue weighted by molar-refractivity contribution is 0.1000. The summed E-state index contributed by atoms with van der Waals surface area (Å²) in [7, 11) is 0. The van der Waals surface area contributed by atoms with Crippen LogP contribution < -0.4 is 5.32 Å². The zero-order chi connectivity index (χ0) is 12.6. The fraction of sp³-hybridized carbons (Fsp3) is 1.00. The van der Waals surface area contributed by atoms with Crippen LogP contribution in [0.5, 0.6) is 0 Å². The molecule has 0 aromatic rings.